The quantitative estimate of drug-likeness (QED) is 0.765. The molecule has 1 unspecified atom stereocenters. The number of halogens is 1. The fourth-order valence-electron chi connectivity index (χ4n) is 1.88. The molecule has 0 aromatic carbocycles. The lowest BCUT2D eigenvalue weighted by Gasteiger charge is -2.14. The van der Waals surface area contributed by atoms with E-state index in [1.165, 1.54) is 0 Å². The second-order valence-electron chi connectivity index (χ2n) is 3.73. The lowest BCUT2D eigenvalue weighted by Crippen LogP contribution is -2.27. The number of carbonyl (C=O) groups is 1. The number of hydrogen-bond acceptors (Lipinski definition) is 2. The Bertz CT molecular complexity index is 388. The molecule has 1 aliphatic rings. The minimum atomic E-state index is -0.0255. The maximum atomic E-state index is 11.8. The van der Waals surface area contributed by atoms with Gasteiger partial charge in [0, 0.05) is 19.8 Å². The number of rotatable bonds is 2. The van der Waals surface area contributed by atoms with E-state index in [1.54, 1.807) is 4.68 Å². The molecule has 0 N–H and O–H groups in total. The summed E-state index contributed by atoms with van der Waals surface area (Å²) in [5.41, 5.74) is 1.96. The summed E-state index contributed by atoms with van der Waals surface area (Å²) in [5.74, 6) is 0.151. The third-order valence-corrected chi connectivity index (χ3v) is 3.50. The molecule has 1 atom stereocenters. The molecule has 0 aliphatic carbocycles. The van der Waals surface area contributed by atoms with Crippen LogP contribution in [0.25, 0.3) is 0 Å². The van der Waals surface area contributed by atoms with E-state index in [9.17, 15) is 4.79 Å². The third kappa shape index (κ3) is 1.80. The molecule has 0 spiro atoms. The Balaban J connectivity index is 2.33. The van der Waals surface area contributed by atoms with Crippen LogP contribution in [0, 0.1) is 0 Å². The fourth-order valence-corrected chi connectivity index (χ4v) is 2.34. The Hall–Kier alpha value is -0.840. The molecule has 0 bridgehead atoms. The van der Waals surface area contributed by atoms with Crippen LogP contribution in [0.4, 0.5) is 5.69 Å². The first-order valence-corrected chi connectivity index (χ1v) is 6.03. The molecule has 1 saturated heterocycles. The summed E-state index contributed by atoms with van der Waals surface area (Å²) >= 11 is 3.38. The Morgan fingerprint density at radius 1 is 1.67 bits per heavy atom. The molecule has 2 rings (SSSR count). The van der Waals surface area contributed by atoms with Gasteiger partial charge in [-0.05, 0) is 12.8 Å². The number of anilines is 1. The largest absolute Gasteiger partial charge is 0.308 e. The highest BCUT2D eigenvalue weighted by Gasteiger charge is 2.32. The monoisotopic (exact) mass is 271 g/mol. The average Bonchev–Trinajstić information content (AvgIpc) is 2.72. The molecule has 1 fully saturated rings. The molecule has 4 nitrogen and oxygen atoms in total. The number of amides is 1. The Morgan fingerprint density at radius 2 is 2.40 bits per heavy atom. The molecule has 15 heavy (non-hydrogen) atoms. The molecular formula is C10H14BrN3O. The van der Waals surface area contributed by atoms with Gasteiger partial charge >= 0.3 is 0 Å². The highest BCUT2D eigenvalue weighted by molar-refractivity contribution is 9.10. The van der Waals surface area contributed by atoms with Crippen LogP contribution in [0.3, 0.4) is 0 Å². The Kier molecular flexibility index (Phi) is 2.82. The van der Waals surface area contributed by atoms with E-state index in [2.05, 4.69) is 28.0 Å². The first-order chi connectivity index (χ1) is 7.13. The second-order valence-corrected chi connectivity index (χ2v) is 4.84. The van der Waals surface area contributed by atoms with Gasteiger partial charge in [-0.1, -0.05) is 22.9 Å². The molecule has 0 saturated carbocycles. The van der Waals surface area contributed by atoms with Crippen molar-refractivity contribution in [3.8, 4) is 0 Å². The van der Waals surface area contributed by atoms with Crippen LogP contribution in [-0.2, 0) is 18.3 Å². The number of carbonyl (C=O) groups excluding carboxylic acids is 1. The van der Waals surface area contributed by atoms with Gasteiger partial charge in [0.1, 0.15) is 0 Å². The van der Waals surface area contributed by atoms with Crippen molar-refractivity contribution in [3.05, 3.63) is 11.9 Å². The topological polar surface area (TPSA) is 38.1 Å². The number of aryl methyl sites for hydroxylation is 2. The zero-order valence-corrected chi connectivity index (χ0v) is 10.5. The van der Waals surface area contributed by atoms with Gasteiger partial charge in [-0.2, -0.15) is 5.10 Å². The number of nitrogens with zero attached hydrogens (tertiary/aromatic N) is 3. The minimum Gasteiger partial charge on any atom is -0.308 e. The third-order valence-electron chi connectivity index (χ3n) is 2.65. The van der Waals surface area contributed by atoms with E-state index in [0.717, 1.165) is 30.8 Å². The summed E-state index contributed by atoms with van der Waals surface area (Å²) in [6.45, 7) is 2.84. The lowest BCUT2D eigenvalue weighted by atomic mass is 10.3. The predicted molar refractivity (Wildman–Crippen MR) is 62.3 cm³/mol. The standard InChI is InChI=1S/C10H14BrN3O/c1-3-8-9(6-13(2)12-8)14-5-4-7(11)10(14)15/h6-7H,3-5H2,1-2H3. The van der Waals surface area contributed by atoms with Crippen molar-refractivity contribution in [2.45, 2.75) is 24.6 Å². The summed E-state index contributed by atoms with van der Waals surface area (Å²) in [6, 6.07) is 0. The number of hydrogen-bond donors (Lipinski definition) is 0. The van der Waals surface area contributed by atoms with Gasteiger partial charge in [0.2, 0.25) is 5.91 Å². The van der Waals surface area contributed by atoms with Crippen molar-refractivity contribution in [2.24, 2.45) is 7.05 Å². The van der Waals surface area contributed by atoms with E-state index in [1.807, 2.05) is 18.1 Å². The molecule has 1 aliphatic heterocycles. The van der Waals surface area contributed by atoms with Crippen LogP contribution in [0.5, 0.6) is 0 Å². The summed E-state index contributed by atoms with van der Waals surface area (Å²) in [5, 5.41) is 4.34. The number of aromatic nitrogens is 2. The van der Waals surface area contributed by atoms with Crippen molar-refractivity contribution < 1.29 is 4.79 Å². The molecule has 1 aromatic rings. The normalized spacial score (nSPS) is 21.4. The molecule has 1 amide bonds. The smallest absolute Gasteiger partial charge is 0.240 e. The minimum absolute atomic E-state index is 0.0255. The fraction of sp³-hybridized carbons (Fsp3) is 0.600. The Labute approximate surface area is 97.4 Å². The zero-order chi connectivity index (χ0) is 11.0. The van der Waals surface area contributed by atoms with Gasteiger partial charge in [0.25, 0.3) is 0 Å². The number of alkyl halides is 1. The van der Waals surface area contributed by atoms with E-state index in [-0.39, 0.29) is 10.7 Å². The average molecular weight is 272 g/mol. The molecule has 82 valence electrons. The van der Waals surface area contributed by atoms with E-state index in [0.29, 0.717) is 0 Å². The van der Waals surface area contributed by atoms with Gasteiger partial charge in [0.05, 0.1) is 16.2 Å². The van der Waals surface area contributed by atoms with Gasteiger partial charge in [0.15, 0.2) is 0 Å². The highest BCUT2D eigenvalue weighted by Crippen LogP contribution is 2.27. The maximum absolute atomic E-state index is 11.8. The van der Waals surface area contributed by atoms with Crippen molar-refractivity contribution in [1.82, 2.24) is 9.78 Å². The Morgan fingerprint density at radius 3 is 2.93 bits per heavy atom. The first kappa shape index (κ1) is 10.7. The lowest BCUT2D eigenvalue weighted by molar-refractivity contribution is -0.116. The predicted octanol–water partition coefficient (Wildman–Crippen LogP) is 1.48. The summed E-state index contributed by atoms with van der Waals surface area (Å²) < 4.78 is 1.77. The van der Waals surface area contributed by atoms with Crippen LogP contribution in [0.2, 0.25) is 0 Å². The summed E-state index contributed by atoms with van der Waals surface area (Å²) in [7, 11) is 1.88. The van der Waals surface area contributed by atoms with Gasteiger partial charge in [-0.3, -0.25) is 9.48 Å². The molecule has 5 heteroatoms. The summed E-state index contributed by atoms with van der Waals surface area (Å²) in [4.78, 5) is 13.6. The summed E-state index contributed by atoms with van der Waals surface area (Å²) in [6.07, 6.45) is 3.64. The van der Waals surface area contributed by atoms with Gasteiger partial charge < -0.3 is 4.90 Å². The molecule has 0 radical (unpaired) electrons. The van der Waals surface area contributed by atoms with Crippen molar-refractivity contribution >= 4 is 27.5 Å². The highest BCUT2D eigenvalue weighted by atomic mass is 79.9. The van der Waals surface area contributed by atoms with Gasteiger partial charge in [-0.15, -0.1) is 0 Å². The molecular weight excluding hydrogens is 258 g/mol. The van der Waals surface area contributed by atoms with Crippen molar-refractivity contribution in [2.75, 3.05) is 11.4 Å². The first-order valence-electron chi connectivity index (χ1n) is 5.11. The molecule has 1 aromatic heterocycles. The maximum Gasteiger partial charge on any atom is 0.240 e. The van der Waals surface area contributed by atoms with Crippen molar-refractivity contribution in [1.29, 1.82) is 0 Å². The zero-order valence-electron chi connectivity index (χ0n) is 8.90. The molecule has 2 heterocycles. The van der Waals surface area contributed by atoms with Crippen LogP contribution in [-0.4, -0.2) is 27.1 Å². The van der Waals surface area contributed by atoms with Crippen LogP contribution in [0.1, 0.15) is 19.0 Å². The van der Waals surface area contributed by atoms with Crippen LogP contribution in [0.15, 0.2) is 6.20 Å². The van der Waals surface area contributed by atoms with Crippen LogP contribution >= 0.6 is 15.9 Å². The SMILES string of the molecule is CCc1nn(C)cc1N1CCC(Br)C1=O. The van der Waals surface area contributed by atoms with Gasteiger partial charge in [-0.25, -0.2) is 0 Å². The van der Waals surface area contributed by atoms with E-state index in [4.69, 9.17) is 0 Å². The van der Waals surface area contributed by atoms with Crippen LogP contribution < -0.4 is 4.90 Å². The van der Waals surface area contributed by atoms with E-state index >= 15 is 0 Å². The van der Waals surface area contributed by atoms with Crippen molar-refractivity contribution in [3.63, 3.8) is 0 Å². The van der Waals surface area contributed by atoms with E-state index < -0.39 is 0 Å². The second kappa shape index (κ2) is 3.96.